The van der Waals surface area contributed by atoms with E-state index in [-0.39, 0.29) is 0 Å². The lowest BCUT2D eigenvalue weighted by atomic mass is 10.1. The molecule has 0 saturated heterocycles. The number of nitrogens with one attached hydrogen (secondary N) is 3. The summed E-state index contributed by atoms with van der Waals surface area (Å²) < 4.78 is 1.88. The van der Waals surface area contributed by atoms with E-state index < -0.39 is 0 Å². The van der Waals surface area contributed by atoms with Crippen molar-refractivity contribution in [1.29, 1.82) is 0 Å². The third-order valence-electron chi connectivity index (χ3n) is 4.70. The van der Waals surface area contributed by atoms with Crippen LogP contribution in [0.1, 0.15) is 11.1 Å². The molecule has 0 atom stereocenters. The van der Waals surface area contributed by atoms with E-state index in [1.807, 2.05) is 53.5 Å². The number of nitrogens with zero attached hydrogens (tertiary/aromatic N) is 3. The minimum absolute atomic E-state index is 0.666. The van der Waals surface area contributed by atoms with Gasteiger partial charge in [0.05, 0.1) is 11.9 Å². The monoisotopic (exact) mass is 372 g/mol. The predicted molar refractivity (Wildman–Crippen MR) is 114 cm³/mol. The van der Waals surface area contributed by atoms with Crippen LogP contribution >= 0.6 is 0 Å². The molecule has 0 aliphatic carbocycles. The van der Waals surface area contributed by atoms with Gasteiger partial charge in [-0.05, 0) is 30.2 Å². The highest BCUT2D eigenvalue weighted by molar-refractivity contribution is 5.83. The maximum absolute atomic E-state index is 4.43. The second-order valence-corrected chi connectivity index (χ2v) is 6.59. The van der Waals surface area contributed by atoms with Gasteiger partial charge in [0.2, 0.25) is 0 Å². The molecule has 0 fully saturated rings. The molecule has 28 heavy (non-hydrogen) atoms. The zero-order chi connectivity index (χ0) is 19.2. The summed E-state index contributed by atoms with van der Waals surface area (Å²) in [5.41, 5.74) is 4.64. The normalized spacial score (nSPS) is 11.7. The Morgan fingerprint density at radius 1 is 1.07 bits per heavy atom. The Morgan fingerprint density at radius 2 is 1.89 bits per heavy atom. The van der Waals surface area contributed by atoms with E-state index in [0.717, 1.165) is 30.2 Å². The molecule has 6 heteroatoms. The second-order valence-electron chi connectivity index (χ2n) is 6.59. The van der Waals surface area contributed by atoms with Gasteiger partial charge in [-0.2, -0.15) is 5.10 Å². The van der Waals surface area contributed by atoms with E-state index in [4.69, 9.17) is 0 Å². The van der Waals surface area contributed by atoms with E-state index in [9.17, 15) is 0 Å². The first-order valence-corrected chi connectivity index (χ1v) is 9.42. The van der Waals surface area contributed by atoms with Crippen LogP contribution in [0, 0.1) is 0 Å². The van der Waals surface area contributed by atoms with Crippen LogP contribution in [0.25, 0.3) is 16.6 Å². The standard InChI is InChI=1S/C22H24N6/c1-23-22(24-12-11-18-15-25-21-10-6-5-9-20(18)21)26-13-17-14-27-28(16-17)19-7-3-2-4-8-19/h2-10,14-16,25H,11-13H2,1H3,(H2,23,24,26). The first-order chi connectivity index (χ1) is 13.8. The van der Waals surface area contributed by atoms with Gasteiger partial charge in [-0.1, -0.05) is 36.4 Å². The molecule has 0 spiro atoms. The van der Waals surface area contributed by atoms with Crippen molar-refractivity contribution < 1.29 is 0 Å². The summed E-state index contributed by atoms with van der Waals surface area (Å²) in [5, 5.41) is 12.4. The van der Waals surface area contributed by atoms with Crippen LogP contribution in [0.3, 0.4) is 0 Å². The van der Waals surface area contributed by atoms with E-state index >= 15 is 0 Å². The number of guanidine groups is 1. The number of rotatable bonds is 6. The lowest BCUT2D eigenvalue weighted by Gasteiger charge is -2.11. The van der Waals surface area contributed by atoms with Crippen LogP contribution < -0.4 is 10.6 Å². The molecule has 142 valence electrons. The van der Waals surface area contributed by atoms with Crippen molar-refractivity contribution in [2.75, 3.05) is 13.6 Å². The lowest BCUT2D eigenvalue weighted by Crippen LogP contribution is -2.37. The molecule has 0 unspecified atom stereocenters. The largest absolute Gasteiger partial charge is 0.361 e. The highest BCUT2D eigenvalue weighted by Crippen LogP contribution is 2.17. The molecular weight excluding hydrogens is 348 g/mol. The van der Waals surface area contributed by atoms with Crippen LogP contribution in [0.15, 0.2) is 78.2 Å². The van der Waals surface area contributed by atoms with Crippen molar-refractivity contribution in [2.45, 2.75) is 13.0 Å². The fraction of sp³-hybridized carbons (Fsp3) is 0.182. The molecule has 3 N–H and O–H groups in total. The topological polar surface area (TPSA) is 70.0 Å². The van der Waals surface area contributed by atoms with Gasteiger partial charge in [-0.15, -0.1) is 0 Å². The third-order valence-corrected chi connectivity index (χ3v) is 4.70. The summed E-state index contributed by atoms with van der Waals surface area (Å²) in [6.07, 6.45) is 6.91. The number of hydrogen-bond donors (Lipinski definition) is 3. The average molecular weight is 372 g/mol. The van der Waals surface area contributed by atoms with E-state index in [1.54, 1.807) is 7.05 Å². The maximum atomic E-state index is 4.43. The number of H-pyrrole nitrogens is 1. The highest BCUT2D eigenvalue weighted by atomic mass is 15.3. The molecule has 0 aliphatic rings. The second kappa shape index (κ2) is 8.43. The molecule has 0 radical (unpaired) electrons. The number of fused-ring (bicyclic) bond motifs is 1. The predicted octanol–water partition coefficient (Wildman–Crippen LogP) is 3.26. The number of aromatic nitrogens is 3. The van der Waals surface area contributed by atoms with Gasteiger partial charge in [0.1, 0.15) is 0 Å². The molecule has 6 nitrogen and oxygen atoms in total. The summed E-state index contributed by atoms with van der Waals surface area (Å²) in [4.78, 5) is 7.63. The molecule has 0 saturated carbocycles. The maximum Gasteiger partial charge on any atom is 0.191 e. The van der Waals surface area contributed by atoms with Crippen LogP contribution in [0.4, 0.5) is 0 Å². The summed E-state index contributed by atoms with van der Waals surface area (Å²) in [5.74, 6) is 0.785. The third kappa shape index (κ3) is 4.06. The highest BCUT2D eigenvalue weighted by Gasteiger charge is 2.05. The summed E-state index contributed by atoms with van der Waals surface area (Å²) >= 11 is 0. The van der Waals surface area contributed by atoms with Gasteiger partial charge in [-0.3, -0.25) is 4.99 Å². The van der Waals surface area contributed by atoms with Crippen LogP contribution in [0.5, 0.6) is 0 Å². The zero-order valence-corrected chi connectivity index (χ0v) is 15.9. The van der Waals surface area contributed by atoms with Gasteiger partial charge in [-0.25, -0.2) is 4.68 Å². The van der Waals surface area contributed by atoms with Gasteiger partial charge in [0.15, 0.2) is 5.96 Å². The molecule has 2 aromatic carbocycles. The Morgan fingerprint density at radius 3 is 2.75 bits per heavy atom. The van der Waals surface area contributed by atoms with Crippen molar-refractivity contribution >= 4 is 16.9 Å². The summed E-state index contributed by atoms with van der Waals surface area (Å²) in [6, 6.07) is 18.5. The number of aromatic amines is 1. The molecule has 4 rings (SSSR count). The Kier molecular flexibility index (Phi) is 5.38. The molecule has 4 aromatic rings. The average Bonchev–Trinajstić information content (AvgIpc) is 3.39. The smallest absolute Gasteiger partial charge is 0.191 e. The van der Waals surface area contributed by atoms with Crippen LogP contribution in [-0.4, -0.2) is 34.3 Å². The quantitative estimate of drug-likeness (QED) is 0.359. The SMILES string of the molecule is CN=C(NCCc1c[nH]c2ccccc12)NCc1cnn(-c2ccccc2)c1. The number of para-hydroxylation sites is 2. The molecule has 0 bridgehead atoms. The van der Waals surface area contributed by atoms with E-state index in [2.05, 4.69) is 50.1 Å². The first kappa shape index (κ1) is 17.9. The molecule has 2 heterocycles. The zero-order valence-electron chi connectivity index (χ0n) is 15.9. The molecule has 0 aliphatic heterocycles. The van der Waals surface area contributed by atoms with Crippen molar-refractivity contribution in [2.24, 2.45) is 4.99 Å². The Balaban J connectivity index is 1.29. The lowest BCUT2D eigenvalue weighted by molar-refractivity contribution is 0.796. The fourth-order valence-corrected chi connectivity index (χ4v) is 3.23. The van der Waals surface area contributed by atoms with Gasteiger partial charge >= 0.3 is 0 Å². The van der Waals surface area contributed by atoms with Crippen molar-refractivity contribution in [1.82, 2.24) is 25.4 Å². The Labute approximate surface area is 164 Å². The molecular formula is C22H24N6. The summed E-state index contributed by atoms with van der Waals surface area (Å²) in [7, 11) is 1.79. The minimum Gasteiger partial charge on any atom is -0.361 e. The van der Waals surface area contributed by atoms with Gasteiger partial charge < -0.3 is 15.6 Å². The minimum atomic E-state index is 0.666. The van der Waals surface area contributed by atoms with E-state index in [1.165, 1.54) is 16.5 Å². The Bertz CT molecular complexity index is 1060. The number of aliphatic imine (C=N–C) groups is 1. The van der Waals surface area contributed by atoms with Crippen LogP contribution in [0.2, 0.25) is 0 Å². The van der Waals surface area contributed by atoms with Crippen LogP contribution in [-0.2, 0) is 13.0 Å². The van der Waals surface area contributed by atoms with Gasteiger partial charge in [0, 0.05) is 49.0 Å². The van der Waals surface area contributed by atoms with E-state index in [0.29, 0.717) is 6.54 Å². The Hall–Kier alpha value is -3.54. The fourth-order valence-electron chi connectivity index (χ4n) is 3.23. The first-order valence-electron chi connectivity index (χ1n) is 9.42. The van der Waals surface area contributed by atoms with Crippen molar-refractivity contribution in [3.63, 3.8) is 0 Å². The summed E-state index contributed by atoms with van der Waals surface area (Å²) in [6.45, 7) is 1.48. The van der Waals surface area contributed by atoms with Crippen molar-refractivity contribution in [3.8, 4) is 5.69 Å². The van der Waals surface area contributed by atoms with Crippen molar-refractivity contribution in [3.05, 3.63) is 84.3 Å². The van der Waals surface area contributed by atoms with Gasteiger partial charge in [0.25, 0.3) is 0 Å². The molecule has 2 aromatic heterocycles. The number of benzene rings is 2. The molecule has 0 amide bonds. The number of hydrogen-bond acceptors (Lipinski definition) is 2.